The average Bonchev–Trinajstić information content (AvgIpc) is 3.55. The van der Waals surface area contributed by atoms with Crippen LogP contribution in [0.4, 0.5) is 0 Å². The molecule has 0 saturated carbocycles. The number of benzene rings is 1. The highest BCUT2D eigenvalue weighted by atomic mass is 32.2. The number of hydrogen-bond donors (Lipinski definition) is 1. The summed E-state index contributed by atoms with van der Waals surface area (Å²) < 4.78 is 18.6. The summed E-state index contributed by atoms with van der Waals surface area (Å²) in [5.74, 6) is 0.807. The highest BCUT2D eigenvalue weighted by Crippen LogP contribution is 2.21. The Bertz CT molecular complexity index is 1270. The Labute approximate surface area is 202 Å². The summed E-state index contributed by atoms with van der Waals surface area (Å²) in [5.41, 5.74) is 5.02. The van der Waals surface area contributed by atoms with Gasteiger partial charge in [-0.3, -0.25) is 13.7 Å². The van der Waals surface area contributed by atoms with Gasteiger partial charge in [-0.05, 0) is 57.0 Å². The summed E-state index contributed by atoms with van der Waals surface area (Å²) in [7, 11) is -1.37. The first kappa shape index (κ1) is 23.7. The molecule has 34 heavy (non-hydrogen) atoms. The second kappa shape index (κ2) is 10.6. The van der Waals surface area contributed by atoms with E-state index in [1.54, 1.807) is 6.20 Å². The highest BCUT2D eigenvalue weighted by molar-refractivity contribution is 7.84. The van der Waals surface area contributed by atoms with E-state index in [1.165, 1.54) is 0 Å². The summed E-state index contributed by atoms with van der Waals surface area (Å²) in [6.45, 7) is 7.42. The monoisotopic (exact) mass is 478 g/mol. The van der Waals surface area contributed by atoms with Crippen LogP contribution in [0.3, 0.4) is 0 Å². The number of aromatic nitrogens is 5. The molecule has 0 unspecified atom stereocenters. The fourth-order valence-corrected chi connectivity index (χ4v) is 5.19. The van der Waals surface area contributed by atoms with Gasteiger partial charge in [0.05, 0.1) is 23.3 Å². The molecule has 4 rings (SSSR count). The van der Waals surface area contributed by atoms with Crippen LogP contribution in [0.1, 0.15) is 29.4 Å². The van der Waals surface area contributed by atoms with Crippen molar-refractivity contribution in [3.05, 3.63) is 83.6 Å². The molecule has 9 heteroatoms. The van der Waals surface area contributed by atoms with Crippen LogP contribution in [0.25, 0.3) is 11.5 Å². The minimum atomic E-state index is -1.37. The summed E-state index contributed by atoms with van der Waals surface area (Å²) in [5, 5.41) is 12.0. The molecule has 1 amide bonds. The smallest absolute Gasteiger partial charge is 0.232 e. The number of aryl methyl sites for hydroxylation is 2. The number of nitrogens with one attached hydrogen (secondary N) is 1. The number of para-hydroxylation sites is 1. The molecule has 0 aliphatic carbocycles. The van der Waals surface area contributed by atoms with Crippen molar-refractivity contribution >= 4 is 16.7 Å². The molecule has 0 aliphatic heterocycles. The SMILES string of the molecule is CCn1nc(C)c(CCNC(=O)C[S@](=O)Cc2cnn(-c3ccccc3)c2-n2cccc2)c1C. The third kappa shape index (κ3) is 5.20. The summed E-state index contributed by atoms with van der Waals surface area (Å²) in [4.78, 5) is 12.5. The van der Waals surface area contributed by atoms with Crippen LogP contribution in [0.2, 0.25) is 0 Å². The molecule has 3 aromatic heterocycles. The maximum Gasteiger partial charge on any atom is 0.232 e. The Morgan fingerprint density at radius 2 is 1.82 bits per heavy atom. The Hall–Kier alpha value is -3.46. The summed E-state index contributed by atoms with van der Waals surface area (Å²) >= 11 is 0. The van der Waals surface area contributed by atoms with E-state index in [-0.39, 0.29) is 17.4 Å². The molecule has 0 aliphatic rings. The third-order valence-electron chi connectivity index (χ3n) is 5.80. The van der Waals surface area contributed by atoms with E-state index in [4.69, 9.17) is 0 Å². The lowest BCUT2D eigenvalue weighted by molar-refractivity contribution is -0.118. The largest absolute Gasteiger partial charge is 0.355 e. The van der Waals surface area contributed by atoms with Gasteiger partial charge in [-0.15, -0.1) is 0 Å². The van der Waals surface area contributed by atoms with E-state index in [2.05, 4.69) is 22.4 Å². The second-order valence-corrected chi connectivity index (χ2v) is 9.58. The molecule has 0 spiro atoms. The zero-order chi connectivity index (χ0) is 24.1. The molecule has 3 heterocycles. The van der Waals surface area contributed by atoms with E-state index in [9.17, 15) is 9.00 Å². The van der Waals surface area contributed by atoms with E-state index < -0.39 is 10.8 Å². The van der Waals surface area contributed by atoms with Crippen LogP contribution in [0, 0.1) is 13.8 Å². The summed E-state index contributed by atoms with van der Waals surface area (Å²) in [6, 6.07) is 13.7. The number of amides is 1. The van der Waals surface area contributed by atoms with Crippen LogP contribution >= 0.6 is 0 Å². The molecule has 0 fully saturated rings. The maximum absolute atomic E-state index is 12.9. The summed E-state index contributed by atoms with van der Waals surface area (Å²) in [6.07, 6.45) is 6.30. The molecule has 0 bridgehead atoms. The highest BCUT2D eigenvalue weighted by Gasteiger charge is 2.18. The molecule has 4 aromatic rings. The molecule has 1 aromatic carbocycles. The van der Waals surface area contributed by atoms with Gasteiger partial charge in [0.15, 0.2) is 0 Å². The minimum Gasteiger partial charge on any atom is -0.355 e. The lowest BCUT2D eigenvalue weighted by Gasteiger charge is -2.11. The van der Waals surface area contributed by atoms with Crippen molar-refractivity contribution in [3.63, 3.8) is 0 Å². The number of hydrogen-bond acceptors (Lipinski definition) is 4. The first-order valence-corrected chi connectivity index (χ1v) is 12.9. The van der Waals surface area contributed by atoms with Crippen LogP contribution in [-0.2, 0) is 34.3 Å². The van der Waals surface area contributed by atoms with Crippen molar-refractivity contribution in [2.24, 2.45) is 0 Å². The zero-order valence-electron chi connectivity index (χ0n) is 19.8. The Kier molecular flexibility index (Phi) is 7.42. The maximum atomic E-state index is 12.9. The van der Waals surface area contributed by atoms with Crippen molar-refractivity contribution in [3.8, 4) is 11.5 Å². The van der Waals surface area contributed by atoms with E-state index in [0.29, 0.717) is 13.0 Å². The van der Waals surface area contributed by atoms with Gasteiger partial charge in [0, 0.05) is 47.5 Å². The third-order valence-corrected chi connectivity index (χ3v) is 7.02. The number of nitrogens with zero attached hydrogens (tertiary/aromatic N) is 5. The standard InChI is InChI=1S/C25H30N6O2S/c1-4-30-20(3)23(19(2)28-30)12-13-26-24(32)18-34(33)17-21-16-27-31(22-10-6-5-7-11-22)25(21)29-14-8-9-15-29/h5-11,14-16H,4,12-13,17-18H2,1-3H3,(H,26,32)/t34-/m1/s1. The minimum absolute atomic E-state index is 0.0478. The van der Waals surface area contributed by atoms with Gasteiger partial charge in [-0.2, -0.15) is 10.2 Å². The second-order valence-electron chi connectivity index (χ2n) is 8.12. The van der Waals surface area contributed by atoms with Gasteiger partial charge < -0.3 is 9.88 Å². The zero-order valence-corrected chi connectivity index (χ0v) is 20.6. The van der Waals surface area contributed by atoms with Crippen LogP contribution in [-0.4, -0.2) is 46.5 Å². The molecule has 178 valence electrons. The molecule has 0 radical (unpaired) electrons. The van der Waals surface area contributed by atoms with E-state index in [1.807, 2.05) is 82.6 Å². The van der Waals surface area contributed by atoms with Crippen molar-refractivity contribution < 1.29 is 9.00 Å². The van der Waals surface area contributed by atoms with Gasteiger partial charge >= 0.3 is 0 Å². The predicted octanol–water partition coefficient (Wildman–Crippen LogP) is 3.10. The number of carbonyl (C=O) groups is 1. The lowest BCUT2D eigenvalue weighted by atomic mass is 10.1. The van der Waals surface area contributed by atoms with Gasteiger partial charge in [0.2, 0.25) is 5.91 Å². The average molecular weight is 479 g/mol. The normalized spacial score (nSPS) is 12.1. The lowest BCUT2D eigenvalue weighted by Crippen LogP contribution is -2.30. The topological polar surface area (TPSA) is 86.7 Å². The fraction of sp³-hybridized carbons (Fsp3) is 0.320. The van der Waals surface area contributed by atoms with Crippen molar-refractivity contribution in [2.75, 3.05) is 12.3 Å². The Morgan fingerprint density at radius 3 is 2.50 bits per heavy atom. The first-order valence-electron chi connectivity index (χ1n) is 11.4. The number of rotatable bonds is 10. The molecular weight excluding hydrogens is 448 g/mol. The van der Waals surface area contributed by atoms with Crippen molar-refractivity contribution in [2.45, 2.75) is 39.5 Å². The van der Waals surface area contributed by atoms with Gasteiger partial charge in [-0.1, -0.05) is 18.2 Å². The van der Waals surface area contributed by atoms with Crippen molar-refractivity contribution in [1.29, 1.82) is 0 Å². The van der Waals surface area contributed by atoms with Gasteiger partial charge in [0.25, 0.3) is 0 Å². The Balaban J connectivity index is 1.39. The van der Waals surface area contributed by atoms with Crippen molar-refractivity contribution in [1.82, 2.24) is 29.4 Å². The van der Waals surface area contributed by atoms with Gasteiger partial charge in [-0.25, -0.2) is 4.68 Å². The van der Waals surface area contributed by atoms with Gasteiger partial charge in [0.1, 0.15) is 11.6 Å². The Morgan fingerprint density at radius 1 is 1.09 bits per heavy atom. The molecular formula is C25H30N6O2S. The van der Waals surface area contributed by atoms with E-state index >= 15 is 0 Å². The van der Waals surface area contributed by atoms with Crippen LogP contribution in [0.5, 0.6) is 0 Å². The molecule has 1 atom stereocenters. The molecule has 8 nitrogen and oxygen atoms in total. The predicted molar refractivity (Wildman–Crippen MR) is 134 cm³/mol. The van der Waals surface area contributed by atoms with Crippen LogP contribution < -0.4 is 5.32 Å². The van der Waals surface area contributed by atoms with Crippen LogP contribution in [0.15, 0.2) is 61.1 Å². The molecule has 1 N–H and O–H groups in total. The molecule has 0 saturated heterocycles. The van der Waals surface area contributed by atoms with E-state index in [0.717, 1.165) is 40.6 Å². The quantitative estimate of drug-likeness (QED) is 0.379. The first-order chi connectivity index (χ1) is 16.5. The number of carbonyl (C=O) groups excluding carboxylic acids is 1. The fourth-order valence-electron chi connectivity index (χ4n) is 4.14.